The van der Waals surface area contributed by atoms with Crippen LogP contribution in [0.1, 0.15) is 11.3 Å². The summed E-state index contributed by atoms with van der Waals surface area (Å²) in [5.74, 6) is -1.22. The second-order valence-corrected chi connectivity index (χ2v) is 6.87. The molecule has 0 aliphatic rings. The topological polar surface area (TPSA) is 53.6 Å². The molecule has 4 aromatic rings. The summed E-state index contributed by atoms with van der Waals surface area (Å²) >= 11 is 1.60. The van der Waals surface area contributed by atoms with Gasteiger partial charge in [0.1, 0.15) is 16.6 Å². The van der Waals surface area contributed by atoms with Crippen molar-refractivity contribution in [2.24, 2.45) is 0 Å². The number of hydrogen-bond acceptors (Lipinski definition) is 4. The van der Waals surface area contributed by atoms with Crippen molar-refractivity contribution in [3.8, 4) is 21.8 Å². The van der Waals surface area contributed by atoms with E-state index >= 15 is 0 Å². The van der Waals surface area contributed by atoms with E-state index in [9.17, 15) is 8.78 Å². The van der Waals surface area contributed by atoms with Crippen LogP contribution in [0.4, 0.5) is 8.78 Å². The Bertz CT molecular complexity index is 1040. The number of aromatic amines is 1. The molecule has 4 rings (SSSR count). The number of hydrogen-bond donors (Lipinski definition) is 2. The summed E-state index contributed by atoms with van der Waals surface area (Å²) in [5, 5.41) is 13.1. The molecule has 0 atom stereocenters. The van der Waals surface area contributed by atoms with E-state index in [1.807, 2.05) is 35.7 Å². The quantitative estimate of drug-likeness (QED) is 0.505. The summed E-state index contributed by atoms with van der Waals surface area (Å²) in [6.07, 6.45) is 1.64. The molecule has 2 heterocycles. The van der Waals surface area contributed by atoms with E-state index in [0.29, 0.717) is 24.3 Å². The van der Waals surface area contributed by atoms with Crippen LogP contribution in [0.2, 0.25) is 0 Å². The van der Waals surface area contributed by atoms with Crippen molar-refractivity contribution >= 4 is 11.3 Å². The van der Waals surface area contributed by atoms with Gasteiger partial charge in [-0.2, -0.15) is 5.10 Å². The average molecular weight is 382 g/mol. The Morgan fingerprint density at radius 1 is 1.04 bits per heavy atom. The zero-order chi connectivity index (χ0) is 18.6. The lowest BCUT2D eigenvalue weighted by Crippen LogP contribution is -2.13. The predicted molar refractivity (Wildman–Crippen MR) is 102 cm³/mol. The first-order valence-corrected chi connectivity index (χ1v) is 9.27. The summed E-state index contributed by atoms with van der Waals surface area (Å²) in [4.78, 5) is 4.63. The molecule has 7 heteroatoms. The Morgan fingerprint density at radius 2 is 1.89 bits per heavy atom. The molecule has 136 valence electrons. The summed E-state index contributed by atoms with van der Waals surface area (Å²) in [5.41, 5.74) is 3.68. The molecular weight excluding hydrogens is 366 g/mol. The lowest BCUT2D eigenvalue weighted by atomic mass is 10.1. The summed E-state index contributed by atoms with van der Waals surface area (Å²) in [6, 6.07) is 13.5. The maximum atomic E-state index is 14.0. The van der Waals surface area contributed by atoms with Crippen LogP contribution < -0.4 is 5.32 Å². The second kappa shape index (κ2) is 7.77. The van der Waals surface area contributed by atoms with Crippen LogP contribution in [-0.4, -0.2) is 15.2 Å². The van der Waals surface area contributed by atoms with Crippen LogP contribution >= 0.6 is 11.3 Å². The van der Waals surface area contributed by atoms with Crippen LogP contribution in [0.5, 0.6) is 0 Å². The lowest BCUT2D eigenvalue weighted by Gasteiger charge is -2.06. The minimum absolute atomic E-state index is 0.297. The Kier molecular flexibility index (Phi) is 5.04. The molecule has 0 unspecified atom stereocenters. The van der Waals surface area contributed by atoms with Gasteiger partial charge >= 0.3 is 0 Å². The van der Waals surface area contributed by atoms with E-state index < -0.39 is 11.6 Å². The van der Waals surface area contributed by atoms with Gasteiger partial charge in [-0.25, -0.2) is 13.8 Å². The van der Waals surface area contributed by atoms with Gasteiger partial charge in [0.05, 0.1) is 17.6 Å². The van der Waals surface area contributed by atoms with Gasteiger partial charge in [0.15, 0.2) is 0 Å². The van der Waals surface area contributed by atoms with Gasteiger partial charge in [-0.3, -0.25) is 5.10 Å². The van der Waals surface area contributed by atoms with Gasteiger partial charge in [-0.05, 0) is 12.1 Å². The highest BCUT2D eigenvalue weighted by atomic mass is 32.1. The highest BCUT2D eigenvalue weighted by Gasteiger charge is 2.13. The summed E-state index contributed by atoms with van der Waals surface area (Å²) in [6.45, 7) is 1.07. The number of halogens is 2. The van der Waals surface area contributed by atoms with Crippen molar-refractivity contribution in [2.45, 2.75) is 13.1 Å². The van der Waals surface area contributed by atoms with E-state index in [-0.39, 0.29) is 0 Å². The number of nitrogens with one attached hydrogen (secondary N) is 2. The zero-order valence-corrected chi connectivity index (χ0v) is 15.1. The molecule has 0 spiro atoms. The molecule has 0 bridgehead atoms. The fraction of sp³-hybridized carbons (Fsp3) is 0.100. The smallest absolute Gasteiger partial charge is 0.135 e. The van der Waals surface area contributed by atoms with E-state index in [1.165, 1.54) is 12.1 Å². The largest absolute Gasteiger partial charge is 0.307 e. The number of thiazole rings is 1. The van der Waals surface area contributed by atoms with Gasteiger partial charge < -0.3 is 5.32 Å². The fourth-order valence-electron chi connectivity index (χ4n) is 2.80. The Hall–Kier alpha value is -2.90. The van der Waals surface area contributed by atoms with E-state index in [0.717, 1.165) is 27.9 Å². The number of rotatable bonds is 6. The van der Waals surface area contributed by atoms with E-state index in [4.69, 9.17) is 0 Å². The third-order valence-corrected chi connectivity index (χ3v) is 5.05. The minimum Gasteiger partial charge on any atom is -0.307 e. The third kappa shape index (κ3) is 3.94. The number of aromatic nitrogens is 3. The van der Waals surface area contributed by atoms with Crippen molar-refractivity contribution in [2.75, 3.05) is 0 Å². The van der Waals surface area contributed by atoms with Crippen LogP contribution in [-0.2, 0) is 13.1 Å². The standard InChI is InChI=1S/C20H16F2N4S/c21-15-6-7-17(18(22)8-15)19-14(10-24-26-19)9-23-11-16-12-27-20(25-16)13-4-2-1-3-5-13/h1-8,10,12,23H,9,11H2,(H,24,26). The summed E-state index contributed by atoms with van der Waals surface area (Å²) in [7, 11) is 0. The highest BCUT2D eigenvalue weighted by Crippen LogP contribution is 2.25. The molecule has 0 saturated heterocycles. The fourth-order valence-corrected chi connectivity index (χ4v) is 3.62. The van der Waals surface area contributed by atoms with Crippen LogP contribution in [0.3, 0.4) is 0 Å². The molecule has 2 aromatic carbocycles. The molecule has 0 fully saturated rings. The molecule has 0 amide bonds. The highest BCUT2D eigenvalue weighted by molar-refractivity contribution is 7.13. The van der Waals surface area contributed by atoms with E-state index in [1.54, 1.807) is 17.5 Å². The minimum atomic E-state index is -0.618. The molecule has 0 aliphatic heterocycles. The maximum Gasteiger partial charge on any atom is 0.135 e. The monoisotopic (exact) mass is 382 g/mol. The van der Waals surface area contributed by atoms with Gasteiger partial charge in [-0.15, -0.1) is 11.3 Å². The van der Waals surface area contributed by atoms with Gasteiger partial charge in [0.25, 0.3) is 0 Å². The number of nitrogens with zero attached hydrogens (tertiary/aromatic N) is 2. The van der Waals surface area contributed by atoms with E-state index in [2.05, 4.69) is 20.5 Å². The predicted octanol–water partition coefficient (Wildman–Crippen LogP) is 4.77. The molecule has 27 heavy (non-hydrogen) atoms. The Balaban J connectivity index is 1.42. The number of benzene rings is 2. The van der Waals surface area contributed by atoms with Crippen molar-refractivity contribution in [1.82, 2.24) is 20.5 Å². The van der Waals surface area contributed by atoms with Crippen LogP contribution in [0, 0.1) is 11.6 Å². The normalized spacial score (nSPS) is 11.0. The van der Waals surface area contributed by atoms with Crippen LogP contribution in [0.25, 0.3) is 21.8 Å². The SMILES string of the molecule is Fc1ccc(-c2[nH]ncc2CNCc2csc(-c3ccccc3)n2)c(F)c1. The molecule has 0 aliphatic carbocycles. The van der Waals surface area contributed by atoms with Crippen LogP contribution in [0.15, 0.2) is 60.1 Å². The van der Waals surface area contributed by atoms with Gasteiger partial charge in [0, 0.05) is 41.2 Å². The average Bonchev–Trinajstić information content (AvgIpc) is 3.32. The Labute approximate surface area is 158 Å². The summed E-state index contributed by atoms with van der Waals surface area (Å²) < 4.78 is 27.1. The third-order valence-electron chi connectivity index (χ3n) is 4.11. The molecule has 2 N–H and O–H groups in total. The first-order valence-electron chi connectivity index (χ1n) is 8.39. The lowest BCUT2D eigenvalue weighted by molar-refractivity contribution is 0.585. The van der Waals surface area contributed by atoms with Crippen molar-refractivity contribution in [1.29, 1.82) is 0 Å². The first-order chi connectivity index (χ1) is 13.2. The molecule has 4 nitrogen and oxygen atoms in total. The molecule has 0 saturated carbocycles. The second-order valence-electron chi connectivity index (χ2n) is 6.01. The van der Waals surface area contributed by atoms with Crippen molar-refractivity contribution in [3.63, 3.8) is 0 Å². The molecule has 2 aromatic heterocycles. The zero-order valence-electron chi connectivity index (χ0n) is 14.2. The number of H-pyrrole nitrogens is 1. The van der Waals surface area contributed by atoms with Gasteiger partial charge in [0.2, 0.25) is 0 Å². The van der Waals surface area contributed by atoms with Gasteiger partial charge in [-0.1, -0.05) is 30.3 Å². The maximum absolute atomic E-state index is 14.0. The molecular formula is C20H16F2N4S. The molecule has 0 radical (unpaired) electrons. The Morgan fingerprint density at radius 3 is 2.70 bits per heavy atom. The first kappa shape index (κ1) is 17.5. The van der Waals surface area contributed by atoms with Crippen molar-refractivity contribution < 1.29 is 8.78 Å². The van der Waals surface area contributed by atoms with Crippen molar-refractivity contribution in [3.05, 3.63) is 83.0 Å².